The van der Waals surface area contributed by atoms with E-state index in [-0.39, 0.29) is 21.4 Å². The van der Waals surface area contributed by atoms with Gasteiger partial charge < -0.3 is 20.1 Å². The number of halogens is 1. The van der Waals surface area contributed by atoms with E-state index in [9.17, 15) is 18.0 Å². The second-order valence-electron chi connectivity index (χ2n) is 7.76. The number of benzene rings is 2. The normalized spacial score (nSPS) is 14.3. The molecular formula is C22H26ClN3O6S. The average Bonchev–Trinajstić information content (AvgIpc) is 3.03. The Labute approximate surface area is 197 Å². The summed E-state index contributed by atoms with van der Waals surface area (Å²) in [5, 5.41) is 5.35. The molecule has 1 atom stereocenters. The molecule has 0 aliphatic carbocycles. The van der Waals surface area contributed by atoms with Gasteiger partial charge in [-0.1, -0.05) is 25.4 Å². The van der Waals surface area contributed by atoms with E-state index >= 15 is 0 Å². The van der Waals surface area contributed by atoms with Gasteiger partial charge >= 0.3 is 0 Å². The maximum absolute atomic E-state index is 13.0. The van der Waals surface area contributed by atoms with Crippen LogP contribution in [-0.2, 0) is 14.8 Å². The number of hydrogen-bond donors (Lipinski definition) is 3. The predicted octanol–water partition coefficient (Wildman–Crippen LogP) is 2.80. The molecule has 0 fully saturated rings. The zero-order chi connectivity index (χ0) is 24.2. The fourth-order valence-electron chi connectivity index (χ4n) is 3.17. The number of ether oxygens (including phenoxy) is 2. The SMILES string of the molecule is CNC(=O)c1cc(NC(=O)C(NS(=O)(=O)c2ccc3c(c2)OCCCO3)C(C)C)ccc1Cl. The molecule has 9 nitrogen and oxygen atoms in total. The average molecular weight is 496 g/mol. The molecule has 1 aliphatic rings. The van der Waals surface area contributed by atoms with Crippen LogP contribution in [-0.4, -0.2) is 46.5 Å². The van der Waals surface area contributed by atoms with E-state index in [1.54, 1.807) is 13.8 Å². The molecule has 3 rings (SSSR count). The summed E-state index contributed by atoms with van der Waals surface area (Å²) in [5.41, 5.74) is 0.495. The maximum Gasteiger partial charge on any atom is 0.252 e. The number of amides is 2. The van der Waals surface area contributed by atoms with Gasteiger partial charge in [0.25, 0.3) is 5.91 Å². The second kappa shape index (κ2) is 10.4. The van der Waals surface area contributed by atoms with Gasteiger partial charge in [-0.2, -0.15) is 4.72 Å². The molecule has 2 aromatic rings. The first kappa shape index (κ1) is 24.8. The summed E-state index contributed by atoms with van der Waals surface area (Å²) >= 11 is 6.05. The van der Waals surface area contributed by atoms with E-state index in [4.69, 9.17) is 21.1 Å². The highest BCUT2D eigenvalue weighted by atomic mass is 35.5. The summed E-state index contributed by atoms with van der Waals surface area (Å²) < 4.78 is 39.7. The van der Waals surface area contributed by atoms with Gasteiger partial charge in [0.15, 0.2) is 11.5 Å². The molecule has 0 saturated heterocycles. The quantitative estimate of drug-likeness (QED) is 0.542. The molecule has 0 radical (unpaired) electrons. The molecule has 0 aromatic heterocycles. The number of nitrogens with one attached hydrogen (secondary N) is 3. The van der Waals surface area contributed by atoms with Crippen molar-refractivity contribution < 1.29 is 27.5 Å². The Bertz CT molecular complexity index is 1150. The zero-order valence-electron chi connectivity index (χ0n) is 18.5. The Hall–Kier alpha value is -2.82. The van der Waals surface area contributed by atoms with Gasteiger partial charge in [-0.05, 0) is 36.2 Å². The van der Waals surface area contributed by atoms with Crippen molar-refractivity contribution in [3.8, 4) is 11.5 Å². The van der Waals surface area contributed by atoms with Gasteiger partial charge in [0.05, 0.1) is 28.7 Å². The predicted molar refractivity (Wildman–Crippen MR) is 124 cm³/mol. The van der Waals surface area contributed by atoms with Crippen LogP contribution in [0.5, 0.6) is 11.5 Å². The minimum atomic E-state index is -4.05. The van der Waals surface area contributed by atoms with Crippen molar-refractivity contribution in [1.82, 2.24) is 10.0 Å². The van der Waals surface area contributed by atoms with Crippen molar-refractivity contribution in [1.29, 1.82) is 0 Å². The molecule has 0 spiro atoms. The van der Waals surface area contributed by atoms with Crippen molar-refractivity contribution in [2.75, 3.05) is 25.6 Å². The van der Waals surface area contributed by atoms with E-state index < -0.39 is 27.9 Å². The summed E-state index contributed by atoms with van der Waals surface area (Å²) in [6.45, 7) is 4.34. The highest BCUT2D eigenvalue weighted by Crippen LogP contribution is 2.32. The number of carbonyl (C=O) groups excluding carboxylic acids is 2. The summed E-state index contributed by atoms with van der Waals surface area (Å²) in [6, 6.07) is 7.68. The Kier molecular flexibility index (Phi) is 7.83. The van der Waals surface area contributed by atoms with E-state index in [0.717, 1.165) is 0 Å². The first-order chi connectivity index (χ1) is 15.6. The number of rotatable bonds is 7. The fourth-order valence-corrected chi connectivity index (χ4v) is 4.73. The van der Waals surface area contributed by atoms with Crippen LogP contribution < -0.4 is 24.8 Å². The van der Waals surface area contributed by atoms with Crippen LogP contribution in [0.3, 0.4) is 0 Å². The Morgan fingerprint density at radius 3 is 2.39 bits per heavy atom. The second-order valence-corrected chi connectivity index (χ2v) is 9.89. The highest BCUT2D eigenvalue weighted by Gasteiger charge is 2.29. The lowest BCUT2D eigenvalue weighted by molar-refractivity contribution is -0.118. The van der Waals surface area contributed by atoms with Gasteiger partial charge in [-0.3, -0.25) is 9.59 Å². The van der Waals surface area contributed by atoms with Crippen molar-refractivity contribution >= 4 is 39.1 Å². The molecule has 1 heterocycles. The third kappa shape index (κ3) is 5.95. The summed E-state index contributed by atoms with van der Waals surface area (Å²) in [6.07, 6.45) is 0.691. The van der Waals surface area contributed by atoms with Crippen LogP contribution in [0.1, 0.15) is 30.6 Å². The van der Waals surface area contributed by atoms with Crippen LogP contribution in [0.4, 0.5) is 5.69 Å². The lowest BCUT2D eigenvalue weighted by Gasteiger charge is -2.22. The molecule has 178 valence electrons. The van der Waals surface area contributed by atoms with Crippen LogP contribution in [0.15, 0.2) is 41.3 Å². The molecule has 33 heavy (non-hydrogen) atoms. The lowest BCUT2D eigenvalue weighted by Crippen LogP contribution is -2.47. The van der Waals surface area contributed by atoms with Crippen molar-refractivity contribution in [3.05, 3.63) is 47.0 Å². The molecule has 0 saturated carbocycles. The van der Waals surface area contributed by atoms with Crippen LogP contribution in [0.2, 0.25) is 5.02 Å². The van der Waals surface area contributed by atoms with Crippen molar-refractivity contribution in [2.45, 2.75) is 31.2 Å². The standard InChI is InChI=1S/C22H26ClN3O6S/c1-13(2)20(22(28)25-14-5-7-17(23)16(11-14)21(27)24-3)26-33(29,30)15-6-8-18-19(12-15)32-10-4-9-31-18/h5-8,11-13,20,26H,4,9-10H2,1-3H3,(H,24,27)(H,25,28). The number of hydrogen-bond acceptors (Lipinski definition) is 6. The number of sulfonamides is 1. The highest BCUT2D eigenvalue weighted by molar-refractivity contribution is 7.89. The van der Waals surface area contributed by atoms with Gasteiger partial charge in [-0.15, -0.1) is 0 Å². The largest absolute Gasteiger partial charge is 0.490 e. The molecule has 0 bridgehead atoms. The summed E-state index contributed by atoms with van der Waals surface area (Å²) in [4.78, 5) is 24.9. The molecular weight excluding hydrogens is 470 g/mol. The third-order valence-corrected chi connectivity index (χ3v) is 6.73. The van der Waals surface area contributed by atoms with Crippen molar-refractivity contribution in [3.63, 3.8) is 0 Å². The molecule has 3 N–H and O–H groups in total. The molecule has 1 unspecified atom stereocenters. The van der Waals surface area contributed by atoms with Crippen LogP contribution in [0.25, 0.3) is 0 Å². The van der Waals surface area contributed by atoms with Crippen LogP contribution >= 0.6 is 11.6 Å². The van der Waals surface area contributed by atoms with Crippen molar-refractivity contribution in [2.24, 2.45) is 5.92 Å². The van der Waals surface area contributed by atoms with E-state index in [0.29, 0.717) is 36.8 Å². The zero-order valence-corrected chi connectivity index (χ0v) is 20.0. The Balaban J connectivity index is 1.81. The first-order valence-electron chi connectivity index (χ1n) is 10.4. The monoisotopic (exact) mass is 495 g/mol. The van der Waals surface area contributed by atoms with Crippen LogP contribution in [0, 0.1) is 5.92 Å². The third-order valence-electron chi connectivity index (χ3n) is 4.97. The number of fused-ring (bicyclic) bond motifs is 1. The van der Waals surface area contributed by atoms with E-state index in [1.165, 1.54) is 43.4 Å². The molecule has 11 heteroatoms. The van der Waals surface area contributed by atoms with Gasteiger partial charge in [-0.25, -0.2) is 8.42 Å². The Morgan fingerprint density at radius 1 is 1.03 bits per heavy atom. The van der Waals surface area contributed by atoms with Gasteiger partial charge in [0.1, 0.15) is 6.04 Å². The molecule has 2 amide bonds. The minimum absolute atomic E-state index is 0.0430. The van der Waals surface area contributed by atoms with Gasteiger partial charge in [0, 0.05) is 25.2 Å². The number of anilines is 1. The minimum Gasteiger partial charge on any atom is -0.490 e. The van der Waals surface area contributed by atoms with E-state index in [1.807, 2.05) is 0 Å². The van der Waals surface area contributed by atoms with E-state index in [2.05, 4.69) is 15.4 Å². The van der Waals surface area contributed by atoms with Gasteiger partial charge in [0.2, 0.25) is 15.9 Å². The summed E-state index contributed by atoms with van der Waals surface area (Å²) in [7, 11) is -2.59. The lowest BCUT2D eigenvalue weighted by atomic mass is 10.0. The topological polar surface area (TPSA) is 123 Å². The first-order valence-corrected chi connectivity index (χ1v) is 12.2. The molecule has 2 aromatic carbocycles. The number of carbonyl (C=O) groups is 2. The fraction of sp³-hybridized carbons (Fsp3) is 0.364. The summed E-state index contributed by atoms with van der Waals surface area (Å²) in [5.74, 6) is -0.548. The smallest absolute Gasteiger partial charge is 0.252 e. The Morgan fingerprint density at radius 2 is 1.73 bits per heavy atom. The molecule has 1 aliphatic heterocycles. The maximum atomic E-state index is 13.0.